The van der Waals surface area contributed by atoms with Crippen molar-refractivity contribution in [3.05, 3.63) is 60.1 Å². The minimum absolute atomic E-state index is 0.0188. The summed E-state index contributed by atoms with van der Waals surface area (Å²) in [6, 6.07) is 2.53. The van der Waals surface area contributed by atoms with Gasteiger partial charge in [0.2, 0.25) is 0 Å². The van der Waals surface area contributed by atoms with E-state index in [-0.39, 0.29) is 31.4 Å². The number of allylic oxidation sites excluding steroid dienone is 1. The van der Waals surface area contributed by atoms with Crippen LogP contribution >= 0.6 is 11.3 Å². The van der Waals surface area contributed by atoms with Crippen LogP contribution in [-0.4, -0.2) is 10.1 Å². The minimum Gasteiger partial charge on any atom is -0.508 e. The van der Waals surface area contributed by atoms with Gasteiger partial charge in [0.15, 0.2) is 0 Å². The molecule has 0 saturated heterocycles. The van der Waals surface area contributed by atoms with E-state index in [2.05, 4.69) is 18.1 Å². The minimum atomic E-state index is -4.75. The first-order valence-corrected chi connectivity index (χ1v) is 7.80. The second-order valence-electron chi connectivity index (χ2n) is 5.46. The second-order valence-corrected chi connectivity index (χ2v) is 6.51. The number of nitrogens with zero attached hydrogens (tertiary/aromatic N) is 1. The highest BCUT2D eigenvalue weighted by Gasteiger charge is 2.36. The molecule has 1 aromatic carbocycles. The van der Waals surface area contributed by atoms with E-state index in [1.165, 1.54) is 0 Å². The average molecular weight is 389 g/mol. The Hall–Kier alpha value is -2.55. The van der Waals surface area contributed by atoms with E-state index in [9.17, 15) is 31.4 Å². The lowest BCUT2D eigenvalue weighted by Gasteiger charge is -2.11. The number of thiophene rings is 1. The molecule has 1 N–H and O–H groups in total. The summed E-state index contributed by atoms with van der Waals surface area (Å²) in [5.41, 5.74) is -2.20. The Kier molecular flexibility index (Phi) is 4.02. The molecule has 0 amide bonds. The van der Waals surface area contributed by atoms with Crippen LogP contribution in [0.1, 0.15) is 16.8 Å². The summed E-state index contributed by atoms with van der Waals surface area (Å²) < 4.78 is 78.9. The third-order valence-electron chi connectivity index (χ3n) is 3.76. The molecule has 2 heterocycles. The molecule has 0 fully saturated rings. The number of hydrogen-bond donors (Lipinski definition) is 1. The first kappa shape index (κ1) is 18.2. The van der Waals surface area contributed by atoms with Crippen molar-refractivity contribution >= 4 is 37.1 Å². The molecule has 0 spiro atoms. The number of hydrogen-bond acceptors (Lipinski definition) is 3. The van der Waals surface area contributed by atoms with Crippen LogP contribution < -0.4 is 0 Å². The Bertz CT molecular complexity index is 1060. The molecule has 3 rings (SSSR count). The van der Waals surface area contributed by atoms with Crippen LogP contribution in [0.25, 0.3) is 25.7 Å². The molecular formula is C17H9F6NOS. The van der Waals surface area contributed by atoms with Crippen molar-refractivity contribution in [1.82, 2.24) is 4.98 Å². The van der Waals surface area contributed by atoms with Crippen molar-refractivity contribution in [3.8, 4) is 0 Å². The van der Waals surface area contributed by atoms with Crippen molar-refractivity contribution in [3.63, 3.8) is 0 Å². The molecule has 136 valence electrons. The molecule has 0 aliphatic heterocycles. The molecule has 0 unspecified atom stereocenters. The van der Waals surface area contributed by atoms with E-state index < -0.39 is 29.2 Å². The predicted molar refractivity (Wildman–Crippen MR) is 87.9 cm³/mol. The number of alkyl halides is 6. The fraction of sp³-hybridized carbons (Fsp3) is 0.118. The molecule has 9 heteroatoms. The van der Waals surface area contributed by atoms with Gasteiger partial charge in [-0.05, 0) is 12.1 Å². The van der Waals surface area contributed by atoms with Gasteiger partial charge in [0.1, 0.15) is 5.76 Å². The van der Waals surface area contributed by atoms with E-state index in [1.807, 2.05) is 0 Å². The largest absolute Gasteiger partial charge is 0.508 e. The van der Waals surface area contributed by atoms with Crippen molar-refractivity contribution in [2.45, 2.75) is 12.4 Å². The molecule has 0 aliphatic carbocycles. The van der Waals surface area contributed by atoms with Gasteiger partial charge in [-0.25, -0.2) is 0 Å². The van der Waals surface area contributed by atoms with Crippen molar-refractivity contribution in [2.24, 2.45) is 0 Å². The third kappa shape index (κ3) is 2.92. The lowest BCUT2D eigenvalue weighted by Crippen LogP contribution is -2.07. The Morgan fingerprint density at radius 3 is 2.23 bits per heavy atom. The van der Waals surface area contributed by atoms with Gasteiger partial charge >= 0.3 is 12.4 Å². The molecule has 0 bridgehead atoms. The van der Waals surface area contributed by atoms with Crippen LogP contribution in [-0.2, 0) is 12.4 Å². The Morgan fingerprint density at radius 1 is 1.04 bits per heavy atom. The molecule has 3 aromatic rings. The highest BCUT2D eigenvalue weighted by atomic mass is 32.1. The molecule has 26 heavy (non-hydrogen) atoms. The summed E-state index contributed by atoms with van der Waals surface area (Å²) in [5, 5.41) is 9.23. The van der Waals surface area contributed by atoms with E-state index in [0.717, 1.165) is 29.5 Å². The summed E-state index contributed by atoms with van der Waals surface area (Å²) in [6.45, 7) is 6.79. The molecule has 0 saturated carbocycles. The lowest BCUT2D eigenvalue weighted by molar-refractivity contribution is -0.138. The maximum absolute atomic E-state index is 13.4. The monoisotopic (exact) mass is 389 g/mol. The summed E-state index contributed by atoms with van der Waals surface area (Å²) in [5.74, 6) is -0.494. The summed E-state index contributed by atoms with van der Waals surface area (Å²) >= 11 is 0.719. The Balaban J connectivity index is 2.45. The fourth-order valence-electron chi connectivity index (χ4n) is 2.53. The zero-order chi connectivity index (χ0) is 19.4. The second kappa shape index (κ2) is 5.73. The summed E-state index contributed by atoms with van der Waals surface area (Å²) in [4.78, 5) is 3.71. The normalized spacial score (nSPS) is 12.7. The van der Waals surface area contributed by atoms with E-state index in [1.54, 1.807) is 0 Å². The van der Waals surface area contributed by atoms with Crippen LogP contribution in [0.4, 0.5) is 26.3 Å². The van der Waals surface area contributed by atoms with Crippen LogP contribution in [0.5, 0.6) is 0 Å². The van der Waals surface area contributed by atoms with Crippen LogP contribution in [0.3, 0.4) is 0 Å². The maximum Gasteiger partial charge on any atom is 0.418 e. The maximum atomic E-state index is 13.4. The van der Waals surface area contributed by atoms with Crippen LogP contribution in [0.2, 0.25) is 0 Å². The van der Waals surface area contributed by atoms with Gasteiger partial charge in [-0.2, -0.15) is 26.3 Å². The SMILES string of the molecule is C=C(O)C(=C)c1ncc(C(F)(F)F)c2c1sc1cc(C(F)(F)F)ccc12. The number of halogens is 6. The number of aliphatic hydroxyl groups is 1. The first-order valence-electron chi connectivity index (χ1n) is 6.98. The summed E-state index contributed by atoms with van der Waals surface area (Å²) in [7, 11) is 0. The Morgan fingerprint density at radius 2 is 1.69 bits per heavy atom. The van der Waals surface area contributed by atoms with Crippen LogP contribution in [0, 0.1) is 0 Å². The number of aromatic nitrogens is 1. The molecule has 0 atom stereocenters. The molecule has 2 aromatic heterocycles. The quantitative estimate of drug-likeness (QED) is 0.305. The molecule has 0 radical (unpaired) electrons. The van der Waals surface area contributed by atoms with Gasteiger partial charge in [0.25, 0.3) is 0 Å². The van der Waals surface area contributed by atoms with E-state index >= 15 is 0 Å². The molecule has 2 nitrogen and oxygen atoms in total. The van der Waals surface area contributed by atoms with E-state index in [0.29, 0.717) is 6.20 Å². The van der Waals surface area contributed by atoms with Crippen molar-refractivity contribution in [1.29, 1.82) is 0 Å². The lowest BCUT2D eigenvalue weighted by atomic mass is 10.0. The number of fused-ring (bicyclic) bond motifs is 3. The van der Waals surface area contributed by atoms with Crippen LogP contribution in [0.15, 0.2) is 43.3 Å². The molecule has 0 aliphatic rings. The smallest absolute Gasteiger partial charge is 0.418 e. The predicted octanol–water partition coefficient (Wildman–Crippen LogP) is 6.57. The first-order chi connectivity index (χ1) is 11.9. The topological polar surface area (TPSA) is 33.1 Å². The zero-order valence-electron chi connectivity index (χ0n) is 12.8. The average Bonchev–Trinajstić information content (AvgIpc) is 2.89. The standard InChI is InChI=1S/C17H9F6NOS/c1-7(8(2)25)14-15-13(11(6-24-14)17(21,22)23)10-4-3-9(16(18,19)20)5-12(10)26-15/h3-6,25H,1-2H2. The third-order valence-corrected chi connectivity index (χ3v) is 4.92. The highest BCUT2D eigenvalue weighted by molar-refractivity contribution is 7.26. The van der Waals surface area contributed by atoms with Crippen molar-refractivity contribution in [2.75, 3.05) is 0 Å². The number of benzene rings is 1. The van der Waals surface area contributed by atoms with Gasteiger partial charge < -0.3 is 5.11 Å². The number of aliphatic hydroxyl groups excluding tert-OH is 1. The molecular weight excluding hydrogens is 380 g/mol. The van der Waals surface area contributed by atoms with Gasteiger partial charge in [-0.1, -0.05) is 19.2 Å². The summed E-state index contributed by atoms with van der Waals surface area (Å²) in [6.07, 6.45) is -8.80. The fourth-order valence-corrected chi connectivity index (χ4v) is 3.81. The highest BCUT2D eigenvalue weighted by Crippen LogP contribution is 2.45. The van der Waals surface area contributed by atoms with E-state index in [4.69, 9.17) is 0 Å². The van der Waals surface area contributed by atoms with Gasteiger partial charge in [0, 0.05) is 27.2 Å². The Labute approximate surface area is 146 Å². The van der Waals surface area contributed by atoms with Gasteiger partial charge in [-0.3, -0.25) is 4.98 Å². The van der Waals surface area contributed by atoms with Gasteiger partial charge in [0.05, 0.1) is 21.5 Å². The van der Waals surface area contributed by atoms with Crippen molar-refractivity contribution < 1.29 is 31.4 Å². The zero-order valence-corrected chi connectivity index (χ0v) is 13.6. The van der Waals surface area contributed by atoms with Gasteiger partial charge in [-0.15, -0.1) is 11.3 Å². The number of rotatable bonds is 2. The number of pyridine rings is 1.